The molecular weight excluding hydrogens is 316 g/mol. The Balaban J connectivity index is 2.23. The molecule has 0 atom stereocenters. The van der Waals surface area contributed by atoms with E-state index in [1.807, 2.05) is 54.3 Å². The van der Waals surface area contributed by atoms with Crippen LogP contribution in [0.4, 0.5) is 11.4 Å². The molecule has 20 heavy (non-hydrogen) atoms. The number of carbonyl (C=O) groups excluding carboxylic acids is 1. The summed E-state index contributed by atoms with van der Waals surface area (Å²) in [7, 11) is 0. The van der Waals surface area contributed by atoms with Gasteiger partial charge in [0, 0.05) is 10.2 Å². The zero-order chi connectivity index (χ0) is 14.3. The summed E-state index contributed by atoms with van der Waals surface area (Å²) >= 11 is 3.47. The number of carbonyl (C=O) groups is 1. The van der Waals surface area contributed by atoms with E-state index in [1.165, 1.54) is 0 Å². The lowest BCUT2D eigenvalue weighted by atomic mass is 10.0. The normalized spacial score (nSPS) is 14.0. The first-order chi connectivity index (χ1) is 9.58. The monoisotopic (exact) mass is 328 g/mol. The summed E-state index contributed by atoms with van der Waals surface area (Å²) in [5.41, 5.74) is 3.54. The lowest BCUT2D eigenvalue weighted by Gasteiger charge is -2.33. The molecule has 100 valence electrons. The number of aryl methyl sites for hydroxylation is 1. The van der Waals surface area contributed by atoms with Crippen molar-refractivity contribution in [2.75, 3.05) is 4.90 Å². The molecule has 3 rings (SSSR count). The molecule has 2 aromatic carbocycles. The molecule has 0 fully saturated rings. The molecule has 0 aromatic heterocycles. The molecule has 3 nitrogen and oxygen atoms in total. The third-order valence-electron chi connectivity index (χ3n) is 3.30. The Kier molecular flexibility index (Phi) is 3.10. The number of benzene rings is 2. The predicted octanol–water partition coefficient (Wildman–Crippen LogP) is 4.11. The largest absolute Gasteiger partial charge is 0.308 e. The standard InChI is InChI=1S/C16H13BrN2O/c1-10-8-15-13(9-14(10)17)16(20)18-11(2)19(15)12-6-4-3-5-7-12/h3-9H,2H2,1H3,(H,18,20). The molecule has 4 heteroatoms. The molecule has 1 heterocycles. The second kappa shape index (κ2) is 4.80. The second-order valence-electron chi connectivity index (χ2n) is 4.69. The summed E-state index contributed by atoms with van der Waals surface area (Å²) in [6, 6.07) is 13.7. The van der Waals surface area contributed by atoms with E-state index in [0.717, 1.165) is 21.4 Å². The van der Waals surface area contributed by atoms with Gasteiger partial charge in [-0.25, -0.2) is 0 Å². The Labute approximate surface area is 126 Å². The van der Waals surface area contributed by atoms with Crippen molar-refractivity contribution in [1.29, 1.82) is 0 Å². The van der Waals surface area contributed by atoms with Crippen LogP contribution < -0.4 is 10.2 Å². The second-order valence-corrected chi connectivity index (χ2v) is 5.54. The average Bonchev–Trinajstić information content (AvgIpc) is 2.42. The maximum atomic E-state index is 12.1. The van der Waals surface area contributed by atoms with E-state index >= 15 is 0 Å². The van der Waals surface area contributed by atoms with Gasteiger partial charge in [-0.1, -0.05) is 40.7 Å². The summed E-state index contributed by atoms with van der Waals surface area (Å²) in [5, 5.41) is 2.80. The maximum Gasteiger partial charge on any atom is 0.258 e. The van der Waals surface area contributed by atoms with Gasteiger partial charge in [-0.2, -0.15) is 0 Å². The highest BCUT2D eigenvalue weighted by atomic mass is 79.9. The molecule has 0 spiro atoms. The molecular formula is C16H13BrN2O. The Morgan fingerprint density at radius 2 is 1.90 bits per heavy atom. The Hall–Kier alpha value is -2.07. The number of nitrogens with one attached hydrogen (secondary N) is 1. The SMILES string of the molecule is C=C1NC(=O)c2cc(Br)c(C)cc2N1c1ccccc1. The smallest absolute Gasteiger partial charge is 0.258 e. The number of nitrogens with zero attached hydrogens (tertiary/aromatic N) is 1. The molecule has 0 bridgehead atoms. The number of fused-ring (bicyclic) bond motifs is 1. The van der Waals surface area contributed by atoms with E-state index in [0.29, 0.717) is 11.4 Å². The van der Waals surface area contributed by atoms with E-state index < -0.39 is 0 Å². The summed E-state index contributed by atoms with van der Waals surface area (Å²) in [5.74, 6) is 0.438. The summed E-state index contributed by atoms with van der Waals surface area (Å²) in [6.45, 7) is 5.96. The number of amides is 1. The van der Waals surface area contributed by atoms with Crippen molar-refractivity contribution >= 4 is 33.2 Å². The van der Waals surface area contributed by atoms with Crippen LogP contribution in [0.15, 0.2) is 59.3 Å². The van der Waals surface area contributed by atoms with Crippen LogP contribution in [-0.4, -0.2) is 5.91 Å². The van der Waals surface area contributed by atoms with E-state index in [2.05, 4.69) is 27.8 Å². The van der Waals surface area contributed by atoms with E-state index in [1.54, 1.807) is 0 Å². The third kappa shape index (κ3) is 2.02. The number of hydrogen-bond donors (Lipinski definition) is 1. The maximum absolute atomic E-state index is 12.1. The van der Waals surface area contributed by atoms with Gasteiger partial charge in [-0.3, -0.25) is 9.69 Å². The van der Waals surface area contributed by atoms with Gasteiger partial charge in [0.25, 0.3) is 5.91 Å². The van der Waals surface area contributed by atoms with Crippen LogP contribution in [0.5, 0.6) is 0 Å². The summed E-state index contributed by atoms with van der Waals surface area (Å²) < 4.78 is 0.923. The fourth-order valence-electron chi connectivity index (χ4n) is 2.30. The number of para-hydroxylation sites is 1. The van der Waals surface area contributed by atoms with Crippen molar-refractivity contribution in [3.8, 4) is 0 Å². The Morgan fingerprint density at radius 3 is 2.60 bits per heavy atom. The highest BCUT2D eigenvalue weighted by Crippen LogP contribution is 2.37. The number of halogens is 1. The van der Waals surface area contributed by atoms with Crippen LogP contribution in [0.2, 0.25) is 0 Å². The molecule has 1 N–H and O–H groups in total. The van der Waals surface area contributed by atoms with Gasteiger partial charge in [-0.05, 0) is 36.8 Å². The number of hydrogen-bond acceptors (Lipinski definition) is 2. The zero-order valence-electron chi connectivity index (χ0n) is 11.0. The lowest BCUT2D eigenvalue weighted by molar-refractivity contribution is 0.0962. The predicted molar refractivity (Wildman–Crippen MR) is 84.1 cm³/mol. The van der Waals surface area contributed by atoms with Crippen molar-refractivity contribution in [3.05, 3.63) is 70.5 Å². The van der Waals surface area contributed by atoms with Crippen molar-refractivity contribution < 1.29 is 4.79 Å². The first kappa shape index (κ1) is 12.9. The molecule has 1 amide bonds. The van der Waals surface area contributed by atoms with Crippen molar-refractivity contribution in [3.63, 3.8) is 0 Å². The molecule has 0 saturated carbocycles. The lowest BCUT2D eigenvalue weighted by Crippen LogP contribution is -2.38. The summed E-state index contributed by atoms with van der Waals surface area (Å²) in [4.78, 5) is 14.1. The van der Waals surface area contributed by atoms with Crippen LogP contribution in [0.3, 0.4) is 0 Å². The van der Waals surface area contributed by atoms with Crippen molar-refractivity contribution in [1.82, 2.24) is 5.32 Å². The fraction of sp³-hybridized carbons (Fsp3) is 0.0625. The van der Waals surface area contributed by atoms with Crippen LogP contribution in [0.25, 0.3) is 0 Å². The van der Waals surface area contributed by atoms with E-state index in [4.69, 9.17) is 0 Å². The van der Waals surface area contributed by atoms with E-state index in [-0.39, 0.29) is 5.91 Å². The molecule has 1 aliphatic rings. The zero-order valence-corrected chi connectivity index (χ0v) is 12.6. The van der Waals surface area contributed by atoms with Gasteiger partial charge in [0.1, 0.15) is 5.82 Å². The van der Waals surface area contributed by atoms with Crippen LogP contribution >= 0.6 is 15.9 Å². The van der Waals surface area contributed by atoms with Crippen LogP contribution in [-0.2, 0) is 0 Å². The van der Waals surface area contributed by atoms with Gasteiger partial charge in [0.2, 0.25) is 0 Å². The van der Waals surface area contributed by atoms with Gasteiger partial charge in [-0.15, -0.1) is 0 Å². The minimum absolute atomic E-state index is 0.127. The average molecular weight is 329 g/mol. The van der Waals surface area contributed by atoms with E-state index in [9.17, 15) is 4.79 Å². The molecule has 0 saturated heterocycles. The molecule has 0 radical (unpaired) electrons. The topological polar surface area (TPSA) is 32.3 Å². The minimum atomic E-state index is -0.127. The van der Waals surface area contributed by atoms with Gasteiger partial charge >= 0.3 is 0 Å². The third-order valence-corrected chi connectivity index (χ3v) is 4.16. The molecule has 2 aromatic rings. The van der Waals surface area contributed by atoms with Gasteiger partial charge in [0.15, 0.2) is 0 Å². The quantitative estimate of drug-likeness (QED) is 0.854. The number of rotatable bonds is 1. The Morgan fingerprint density at radius 1 is 1.20 bits per heavy atom. The van der Waals surface area contributed by atoms with Gasteiger partial charge < -0.3 is 5.32 Å². The number of anilines is 2. The highest BCUT2D eigenvalue weighted by molar-refractivity contribution is 9.10. The highest BCUT2D eigenvalue weighted by Gasteiger charge is 2.27. The summed E-state index contributed by atoms with van der Waals surface area (Å²) in [6.07, 6.45) is 0. The molecule has 0 aliphatic carbocycles. The minimum Gasteiger partial charge on any atom is -0.308 e. The molecule has 1 aliphatic heterocycles. The first-order valence-electron chi connectivity index (χ1n) is 6.23. The van der Waals surface area contributed by atoms with Crippen LogP contribution in [0.1, 0.15) is 15.9 Å². The first-order valence-corrected chi connectivity index (χ1v) is 7.03. The van der Waals surface area contributed by atoms with Gasteiger partial charge in [0.05, 0.1) is 11.3 Å². The van der Waals surface area contributed by atoms with Crippen molar-refractivity contribution in [2.24, 2.45) is 0 Å². The van der Waals surface area contributed by atoms with Crippen molar-refractivity contribution in [2.45, 2.75) is 6.92 Å². The fourth-order valence-corrected chi connectivity index (χ4v) is 2.65. The molecule has 0 unspecified atom stereocenters. The Bertz CT molecular complexity index is 710. The van der Waals surface area contributed by atoms with Crippen LogP contribution in [0, 0.1) is 6.92 Å².